The minimum atomic E-state index is -0.664. The van der Waals surface area contributed by atoms with Crippen LogP contribution in [-0.2, 0) is 14.3 Å². The molecule has 4 atom stereocenters. The number of aromatic nitrogens is 3. The standard InChI is InChI=1S/C22H24ClN7O5.C2H6/c23-11-5-14-21(30-22(28-14)35-16-9-34-18-15(31)8-33-19(16)18)29-20(11)27-6-12(24)10-3-1-2-4-13(10)26-7-17(25)32;1-2/h1-5,15-16,18-19,24,26,31H,6-9H2,(H2,25,32)(H2,27,28,29,30);1-2H3/t15-,16-,18-,19-;/m1./s1. The van der Waals surface area contributed by atoms with Crippen molar-refractivity contribution < 1.29 is 24.1 Å². The molecule has 0 radical (unpaired) electrons. The molecule has 12 nitrogen and oxygen atoms in total. The van der Waals surface area contributed by atoms with Gasteiger partial charge in [-0.2, -0.15) is 4.98 Å². The maximum atomic E-state index is 11.1. The van der Waals surface area contributed by atoms with Crippen molar-refractivity contribution in [3.8, 4) is 6.01 Å². The summed E-state index contributed by atoms with van der Waals surface area (Å²) in [5.74, 6) is -0.138. The summed E-state index contributed by atoms with van der Waals surface area (Å²) in [6.07, 6.45) is -1.84. The number of ether oxygens (including phenoxy) is 3. The SMILES string of the molecule is CC.N=C(CNc1nc2nc(O[C@@H]3CO[C@H]4[C@@H]3OC[C@H]4O)[nH]c2cc1Cl)c1ccccc1NCC(N)=O. The van der Waals surface area contributed by atoms with Crippen molar-refractivity contribution in [2.45, 2.75) is 38.3 Å². The first-order valence-electron chi connectivity index (χ1n) is 12.0. The molecule has 7 N–H and O–H groups in total. The van der Waals surface area contributed by atoms with Gasteiger partial charge in [0.25, 0.3) is 6.01 Å². The van der Waals surface area contributed by atoms with Crippen molar-refractivity contribution >= 4 is 45.9 Å². The molecule has 0 saturated carbocycles. The monoisotopic (exact) mass is 531 g/mol. The summed E-state index contributed by atoms with van der Waals surface area (Å²) >= 11 is 6.40. The minimum Gasteiger partial charge on any atom is -0.456 e. The van der Waals surface area contributed by atoms with Gasteiger partial charge in [0, 0.05) is 11.3 Å². The van der Waals surface area contributed by atoms with Gasteiger partial charge in [0.1, 0.15) is 24.1 Å². The highest BCUT2D eigenvalue weighted by molar-refractivity contribution is 6.33. The molecule has 13 heteroatoms. The van der Waals surface area contributed by atoms with Crippen molar-refractivity contribution in [2.75, 3.05) is 36.9 Å². The number of hydrogen-bond donors (Lipinski definition) is 6. The van der Waals surface area contributed by atoms with E-state index in [-0.39, 0.29) is 44.1 Å². The Morgan fingerprint density at radius 2 is 1.97 bits per heavy atom. The second kappa shape index (κ2) is 11.7. The lowest BCUT2D eigenvalue weighted by atomic mass is 10.1. The largest absolute Gasteiger partial charge is 0.456 e. The highest BCUT2D eigenvalue weighted by atomic mass is 35.5. The Morgan fingerprint density at radius 1 is 1.22 bits per heavy atom. The van der Waals surface area contributed by atoms with Crippen molar-refractivity contribution in [3.63, 3.8) is 0 Å². The van der Waals surface area contributed by atoms with Crippen molar-refractivity contribution in [2.24, 2.45) is 5.73 Å². The lowest BCUT2D eigenvalue weighted by Gasteiger charge is -2.15. The number of aromatic amines is 1. The number of H-pyrrole nitrogens is 1. The van der Waals surface area contributed by atoms with Gasteiger partial charge in [-0.25, -0.2) is 4.98 Å². The topological polar surface area (TPSA) is 180 Å². The van der Waals surface area contributed by atoms with Crippen LogP contribution in [0.4, 0.5) is 11.5 Å². The van der Waals surface area contributed by atoms with Crippen LogP contribution >= 0.6 is 11.6 Å². The molecule has 0 aliphatic carbocycles. The number of hydrogen-bond acceptors (Lipinski definition) is 10. The first-order valence-corrected chi connectivity index (χ1v) is 12.3. The van der Waals surface area contributed by atoms with Crippen molar-refractivity contribution in [1.29, 1.82) is 5.41 Å². The Hall–Kier alpha value is -3.45. The predicted molar refractivity (Wildman–Crippen MR) is 140 cm³/mol. The number of amides is 1. The van der Waals surface area contributed by atoms with Gasteiger partial charge in [-0.15, -0.1) is 0 Å². The molecule has 2 aliphatic heterocycles. The number of carbonyl (C=O) groups is 1. The summed E-state index contributed by atoms with van der Waals surface area (Å²) in [6.45, 7) is 4.58. The van der Waals surface area contributed by atoms with E-state index in [0.29, 0.717) is 33.3 Å². The fourth-order valence-electron chi connectivity index (χ4n) is 4.11. The summed E-state index contributed by atoms with van der Waals surface area (Å²) < 4.78 is 17.1. The van der Waals surface area contributed by atoms with Crippen LogP contribution in [0.1, 0.15) is 19.4 Å². The molecule has 1 aromatic carbocycles. The van der Waals surface area contributed by atoms with Gasteiger partial charge in [0.15, 0.2) is 11.8 Å². The van der Waals surface area contributed by atoms with Gasteiger partial charge in [-0.05, 0) is 12.1 Å². The van der Waals surface area contributed by atoms with Crippen molar-refractivity contribution in [3.05, 3.63) is 40.9 Å². The highest BCUT2D eigenvalue weighted by Crippen LogP contribution is 2.31. The number of halogens is 1. The molecular formula is C24H30ClN7O5. The van der Waals surface area contributed by atoms with Crippen LogP contribution in [0, 0.1) is 5.41 Å². The number of nitrogens with zero attached hydrogens (tertiary/aromatic N) is 2. The number of benzene rings is 1. The Balaban J connectivity index is 0.00000156. The average molecular weight is 532 g/mol. The number of para-hydroxylation sites is 1. The number of imidazole rings is 1. The molecule has 37 heavy (non-hydrogen) atoms. The molecule has 198 valence electrons. The second-order valence-electron chi connectivity index (χ2n) is 8.25. The van der Waals surface area contributed by atoms with E-state index in [9.17, 15) is 9.90 Å². The fraction of sp³-hybridized carbons (Fsp3) is 0.417. The number of nitrogens with two attached hydrogens (primary N) is 1. The molecule has 2 aromatic heterocycles. The zero-order valence-electron chi connectivity index (χ0n) is 20.5. The highest BCUT2D eigenvalue weighted by Gasteiger charge is 2.48. The number of anilines is 2. The Labute approximate surface area is 218 Å². The number of fused-ring (bicyclic) bond motifs is 2. The lowest BCUT2D eigenvalue weighted by molar-refractivity contribution is -0.116. The van der Waals surface area contributed by atoms with E-state index >= 15 is 0 Å². The molecule has 3 aromatic rings. The summed E-state index contributed by atoms with van der Waals surface area (Å²) in [6, 6.07) is 9.05. The van der Waals surface area contributed by atoms with Gasteiger partial charge in [0.2, 0.25) is 5.91 Å². The fourth-order valence-corrected chi connectivity index (χ4v) is 4.33. The third-order valence-electron chi connectivity index (χ3n) is 5.79. The molecule has 0 unspecified atom stereocenters. The number of rotatable bonds is 9. The molecule has 2 saturated heterocycles. The van der Waals surface area contributed by atoms with Crippen LogP contribution in [0.15, 0.2) is 30.3 Å². The van der Waals surface area contributed by atoms with Gasteiger partial charge in [-0.3, -0.25) is 4.79 Å². The number of primary amides is 1. The zero-order chi connectivity index (χ0) is 26.5. The van der Waals surface area contributed by atoms with Gasteiger partial charge >= 0.3 is 0 Å². The van der Waals surface area contributed by atoms with E-state index < -0.39 is 24.2 Å². The third-order valence-corrected chi connectivity index (χ3v) is 6.08. The number of aliphatic hydroxyl groups is 1. The number of pyridine rings is 1. The van der Waals surface area contributed by atoms with E-state index in [4.69, 9.17) is 37.0 Å². The summed E-state index contributed by atoms with van der Waals surface area (Å²) in [5, 5.41) is 24.7. The molecule has 2 fully saturated rings. The summed E-state index contributed by atoms with van der Waals surface area (Å²) in [7, 11) is 0. The maximum Gasteiger partial charge on any atom is 0.296 e. The Morgan fingerprint density at radius 3 is 2.76 bits per heavy atom. The molecular weight excluding hydrogens is 502 g/mol. The van der Waals surface area contributed by atoms with Crippen LogP contribution in [0.2, 0.25) is 5.02 Å². The Kier molecular flexibility index (Phi) is 8.44. The van der Waals surface area contributed by atoms with Crippen LogP contribution in [0.5, 0.6) is 6.01 Å². The minimum absolute atomic E-state index is 0.0353. The first-order chi connectivity index (χ1) is 17.9. The van der Waals surface area contributed by atoms with E-state index in [1.165, 1.54) is 0 Å². The quantitative estimate of drug-likeness (QED) is 0.225. The normalized spacial score (nSPS) is 22.2. The molecule has 5 rings (SSSR count). The smallest absolute Gasteiger partial charge is 0.296 e. The van der Waals surface area contributed by atoms with Crippen molar-refractivity contribution in [1.82, 2.24) is 15.0 Å². The number of nitrogens with one attached hydrogen (secondary N) is 4. The van der Waals surface area contributed by atoms with Crippen LogP contribution in [0.3, 0.4) is 0 Å². The van der Waals surface area contributed by atoms with Crippen LogP contribution < -0.4 is 21.1 Å². The molecule has 0 bridgehead atoms. The maximum absolute atomic E-state index is 11.1. The summed E-state index contributed by atoms with van der Waals surface area (Å²) in [5.41, 5.74) is 7.67. The van der Waals surface area contributed by atoms with E-state index in [1.807, 2.05) is 13.8 Å². The average Bonchev–Trinajstić information content (AvgIpc) is 3.59. The Bertz CT molecular complexity index is 1270. The molecule has 2 aliphatic rings. The van der Waals surface area contributed by atoms with Gasteiger partial charge in [0.05, 0.1) is 42.6 Å². The molecule has 0 spiro atoms. The van der Waals surface area contributed by atoms with E-state index in [0.717, 1.165) is 0 Å². The van der Waals surface area contributed by atoms with Gasteiger partial charge < -0.3 is 46.1 Å². The summed E-state index contributed by atoms with van der Waals surface area (Å²) in [4.78, 5) is 23.0. The lowest BCUT2D eigenvalue weighted by Crippen LogP contribution is -2.34. The number of aliphatic hydroxyl groups excluding tert-OH is 1. The van der Waals surface area contributed by atoms with Crippen LogP contribution in [-0.4, -0.2) is 82.4 Å². The molecule has 1 amide bonds. The van der Waals surface area contributed by atoms with E-state index in [1.54, 1.807) is 30.3 Å². The van der Waals surface area contributed by atoms with E-state index in [2.05, 4.69) is 25.6 Å². The predicted octanol–water partition coefficient (Wildman–Crippen LogP) is 1.92. The second-order valence-corrected chi connectivity index (χ2v) is 8.66. The van der Waals surface area contributed by atoms with Gasteiger partial charge in [-0.1, -0.05) is 43.6 Å². The van der Waals surface area contributed by atoms with Crippen LogP contribution in [0.25, 0.3) is 11.2 Å². The molecule has 4 heterocycles. The zero-order valence-corrected chi connectivity index (χ0v) is 21.2. The third kappa shape index (κ3) is 5.93. The first kappa shape index (κ1) is 26.6. The number of carbonyl (C=O) groups excluding carboxylic acids is 1.